The smallest absolute Gasteiger partial charge is 0.347 e. The number of rotatable bonds is 6. The number of benzene rings is 2. The number of ether oxygens (including phenoxy) is 2. The molecule has 7 heteroatoms. The number of aryl methyl sites for hydroxylation is 2. The van der Waals surface area contributed by atoms with Gasteiger partial charge in [0, 0.05) is 65.8 Å². The molecule has 3 heterocycles. The molecule has 0 spiro atoms. The summed E-state index contributed by atoms with van der Waals surface area (Å²) >= 11 is 0. The first kappa shape index (κ1) is 20.8. The summed E-state index contributed by atoms with van der Waals surface area (Å²) in [6, 6.07) is 15.5. The lowest BCUT2D eigenvalue weighted by molar-refractivity contribution is -0.149. The first-order valence-corrected chi connectivity index (χ1v) is 10.7. The molecule has 5 rings (SSSR count). The van der Waals surface area contributed by atoms with Crippen LogP contribution in [-0.2, 0) is 37.4 Å². The third kappa shape index (κ3) is 3.51. The van der Waals surface area contributed by atoms with Crippen molar-refractivity contribution >= 4 is 50.9 Å². The molecule has 0 bridgehead atoms. The summed E-state index contributed by atoms with van der Waals surface area (Å²) in [5.74, 6) is -1.60. The third-order valence-electron chi connectivity index (χ3n) is 5.92. The van der Waals surface area contributed by atoms with Crippen LogP contribution >= 0.6 is 0 Å². The molecule has 0 unspecified atom stereocenters. The van der Waals surface area contributed by atoms with Gasteiger partial charge in [0.2, 0.25) is 0 Å². The predicted octanol–water partition coefficient (Wildman–Crippen LogP) is 4.08. The molecule has 2 aromatic carbocycles. The van der Waals surface area contributed by atoms with Gasteiger partial charge in [-0.05, 0) is 18.6 Å². The van der Waals surface area contributed by atoms with E-state index in [-0.39, 0.29) is 17.1 Å². The second kappa shape index (κ2) is 8.09. The van der Waals surface area contributed by atoms with Crippen LogP contribution in [0.5, 0.6) is 0 Å². The minimum atomic E-state index is -0.647. The Labute approximate surface area is 189 Å². The average Bonchev–Trinajstić information content (AvgIpc) is 3.42. The van der Waals surface area contributed by atoms with Crippen molar-refractivity contribution in [3.63, 3.8) is 0 Å². The lowest BCUT2D eigenvalue weighted by Crippen LogP contribution is -2.05. The predicted molar refractivity (Wildman–Crippen MR) is 124 cm³/mol. The summed E-state index contributed by atoms with van der Waals surface area (Å²) in [4.78, 5) is 36.9. The standard InChI is InChI=1S/C26H22N2O5/c1-16(29)32-13-7-12-28-15-20(18-9-4-6-11-22(18)28)24-23(25(30)33-26(24)31)19-14-27(2)21-10-5-3-8-17(19)21/h3-6,8-11,14-15H,7,12-13H2,1-2H3. The van der Waals surface area contributed by atoms with Crippen LogP contribution in [0, 0.1) is 0 Å². The van der Waals surface area contributed by atoms with E-state index in [0.717, 1.165) is 21.8 Å². The Morgan fingerprint density at radius 3 is 2.12 bits per heavy atom. The maximum atomic E-state index is 12.9. The highest BCUT2D eigenvalue weighted by Gasteiger charge is 2.37. The molecule has 0 radical (unpaired) electrons. The van der Waals surface area contributed by atoms with Crippen LogP contribution in [0.15, 0.2) is 60.9 Å². The first-order chi connectivity index (χ1) is 16.0. The Morgan fingerprint density at radius 1 is 0.879 bits per heavy atom. The fourth-order valence-corrected chi connectivity index (χ4v) is 4.50. The van der Waals surface area contributed by atoms with E-state index in [1.807, 2.05) is 77.1 Å². The van der Waals surface area contributed by atoms with E-state index < -0.39 is 11.9 Å². The fourth-order valence-electron chi connectivity index (χ4n) is 4.50. The Hall–Kier alpha value is -4.13. The molecule has 0 aliphatic carbocycles. The van der Waals surface area contributed by atoms with Crippen molar-refractivity contribution in [1.82, 2.24) is 9.13 Å². The van der Waals surface area contributed by atoms with Crippen molar-refractivity contribution in [1.29, 1.82) is 0 Å². The number of carbonyl (C=O) groups excluding carboxylic acids is 3. The number of para-hydroxylation sites is 2. The molecule has 1 aliphatic rings. The van der Waals surface area contributed by atoms with Crippen molar-refractivity contribution < 1.29 is 23.9 Å². The highest BCUT2D eigenvalue weighted by molar-refractivity contribution is 6.46. The SMILES string of the molecule is CC(=O)OCCCn1cc(C2=C(c3cn(C)c4ccccc34)C(=O)OC2=O)c2ccccc21. The summed E-state index contributed by atoms with van der Waals surface area (Å²) in [6.07, 6.45) is 4.35. The first-order valence-electron chi connectivity index (χ1n) is 10.7. The van der Waals surface area contributed by atoms with Crippen molar-refractivity contribution in [3.8, 4) is 0 Å². The number of carbonyl (C=O) groups is 3. The molecule has 0 fully saturated rings. The number of hydrogen-bond acceptors (Lipinski definition) is 5. The lowest BCUT2D eigenvalue weighted by Gasteiger charge is -2.05. The van der Waals surface area contributed by atoms with Gasteiger partial charge in [-0.2, -0.15) is 0 Å². The second-order valence-electron chi connectivity index (χ2n) is 8.04. The molecular weight excluding hydrogens is 420 g/mol. The van der Waals surface area contributed by atoms with E-state index in [0.29, 0.717) is 30.7 Å². The monoisotopic (exact) mass is 442 g/mol. The van der Waals surface area contributed by atoms with Crippen molar-refractivity contribution in [2.75, 3.05) is 6.61 Å². The zero-order valence-corrected chi connectivity index (χ0v) is 18.3. The summed E-state index contributed by atoms with van der Waals surface area (Å²) in [5, 5.41) is 1.73. The molecule has 0 saturated carbocycles. The van der Waals surface area contributed by atoms with Gasteiger partial charge in [0.1, 0.15) is 0 Å². The fraction of sp³-hybridized carbons (Fsp3) is 0.192. The minimum absolute atomic E-state index is 0.270. The molecule has 0 saturated heterocycles. The molecule has 0 N–H and O–H groups in total. The number of aromatic nitrogens is 2. The van der Waals surface area contributed by atoms with Crippen LogP contribution in [-0.4, -0.2) is 33.6 Å². The van der Waals surface area contributed by atoms with Gasteiger partial charge in [0.25, 0.3) is 0 Å². The van der Waals surface area contributed by atoms with Gasteiger partial charge in [0.15, 0.2) is 0 Å². The maximum Gasteiger partial charge on any atom is 0.347 e. The molecule has 4 aromatic rings. The zero-order valence-electron chi connectivity index (χ0n) is 18.3. The van der Waals surface area contributed by atoms with Crippen LogP contribution in [0.2, 0.25) is 0 Å². The molecule has 7 nitrogen and oxygen atoms in total. The molecule has 33 heavy (non-hydrogen) atoms. The Morgan fingerprint density at radius 2 is 1.45 bits per heavy atom. The number of fused-ring (bicyclic) bond motifs is 2. The van der Waals surface area contributed by atoms with E-state index in [1.54, 1.807) is 0 Å². The summed E-state index contributed by atoms with van der Waals surface area (Å²) in [5.41, 5.74) is 3.75. The summed E-state index contributed by atoms with van der Waals surface area (Å²) in [7, 11) is 1.91. The van der Waals surface area contributed by atoms with Crippen LogP contribution in [0.4, 0.5) is 0 Å². The zero-order chi connectivity index (χ0) is 23.1. The van der Waals surface area contributed by atoms with Gasteiger partial charge in [0.05, 0.1) is 17.8 Å². The van der Waals surface area contributed by atoms with Gasteiger partial charge in [-0.3, -0.25) is 4.79 Å². The van der Waals surface area contributed by atoms with Crippen LogP contribution in [0.1, 0.15) is 24.5 Å². The number of nitrogens with zero attached hydrogens (tertiary/aromatic N) is 2. The van der Waals surface area contributed by atoms with Gasteiger partial charge in [-0.25, -0.2) is 9.59 Å². The van der Waals surface area contributed by atoms with E-state index in [2.05, 4.69) is 0 Å². The second-order valence-corrected chi connectivity index (χ2v) is 8.04. The van der Waals surface area contributed by atoms with Gasteiger partial charge >= 0.3 is 17.9 Å². The van der Waals surface area contributed by atoms with Crippen LogP contribution in [0.3, 0.4) is 0 Å². The highest BCUT2D eigenvalue weighted by Crippen LogP contribution is 2.40. The van der Waals surface area contributed by atoms with E-state index in [9.17, 15) is 14.4 Å². The van der Waals surface area contributed by atoms with Gasteiger partial charge in [-0.15, -0.1) is 0 Å². The summed E-state index contributed by atoms with van der Waals surface area (Å²) < 4.78 is 14.1. The lowest BCUT2D eigenvalue weighted by atomic mass is 9.95. The molecule has 2 aromatic heterocycles. The van der Waals surface area contributed by atoms with Crippen molar-refractivity contribution in [2.45, 2.75) is 19.9 Å². The number of cyclic esters (lactones) is 2. The molecular formula is C26H22N2O5. The average molecular weight is 442 g/mol. The van der Waals surface area contributed by atoms with Crippen molar-refractivity contribution in [2.24, 2.45) is 7.05 Å². The number of hydrogen-bond donors (Lipinski definition) is 0. The highest BCUT2D eigenvalue weighted by atomic mass is 16.6. The molecule has 166 valence electrons. The maximum absolute atomic E-state index is 12.9. The molecule has 0 amide bonds. The normalized spacial score (nSPS) is 13.9. The summed E-state index contributed by atoms with van der Waals surface area (Å²) in [6.45, 7) is 2.28. The molecule has 1 aliphatic heterocycles. The quantitative estimate of drug-likeness (QED) is 0.255. The van der Waals surface area contributed by atoms with E-state index >= 15 is 0 Å². The number of esters is 3. The Bertz CT molecular complexity index is 1470. The largest absolute Gasteiger partial charge is 0.466 e. The van der Waals surface area contributed by atoms with Gasteiger partial charge in [-0.1, -0.05) is 36.4 Å². The van der Waals surface area contributed by atoms with E-state index in [1.165, 1.54) is 6.92 Å². The van der Waals surface area contributed by atoms with Crippen molar-refractivity contribution in [3.05, 3.63) is 72.1 Å². The van der Waals surface area contributed by atoms with Crippen LogP contribution < -0.4 is 0 Å². The minimum Gasteiger partial charge on any atom is -0.466 e. The molecule has 0 atom stereocenters. The Kier molecular flexibility index (Phi) is 5.09. The van der Waals surface area contributed by atoms with Crippen LogP contribution in [0.25, 0.3) is 33.0 Å². The van der Waals surface area contributed by atoms with E-state index in [4.69, 9.17) is 9.47 Å². The van der Waals surface area contributed by atoms with Gasteiger partial charge < -0.3 is 18.6 Å². The Balaban J connectivity index is 1.67. The third-order valence-corrected chi connectivity index (χ3v) is 5.92. The topological polar surface area (TPSA) is 79.5 Å².